The smallest absolute Gasteiger partial charge is 0.258 e. The summed E-state index contributed by atoms with van der Waals surface area (Å²) in [5.41, 5.74) is -1.15. The third-order valence-electron chi connectivity index (χ3n) is 1.68. The summed E-state index contributed by atoms with van der Waals surface area (Å²) in [6, 6.07) is 0. The lowest BCUT2D eigenvalue weighted by Gasteiger charge is -2.06. The van der Waals surface area contributed by atoms with Gasteiger partial charge in [-0.05, 0) is 15.9 Å². The molecule has 1 aromatic rings. The third-order valence-corrected chi connectivity index (χ3v) is 2.92. The summed E-state index contributed by atoms with van der Waals surface area (Å²) in [4.78, 5) is 13.4. The molecule has 0 N–H and O–H groups in total. The van der Waals surface area contributed by atoms with E-state index in [0.29, 0.717) is 0 Å². The predicted molar refractivity (Wildman–Crippen MR) is 56.2 cm³/mol. The van der Waals surface area contributed by atoms with Crippen molar-refractivity contribution in [3.8, 4) is 0 Å². The number of hydrogen-bond acceptors (Lipinski definition) is 3. The normalized spacial score (nSPS) is 10.7. The molecule has 0 bridgehead atoms. The van der Waals surface area contributed by atoms with E-state index >= 15 is 0 Å². The van der Waals surface area contributed by atoms with Crippen molar-refractivity contribution in [2.75, 3.05) is 0 Å². The van der Waals surface area contributed by atoms with Gasteiger partial charge in [-0.15, -0.1) is 0 Å². The fraction of sp³-hybridized carbons (Fsp3) is 0.286. The van der Waals surface area contributed by atoms with Crippen LogP contribution in [0.4, 0.5) is 14.5 Å². The van der Waals surface area contributed by atoms with Crippen LogP contribution in [-0.2, 0) is 5.33 Å². The number of aromatic nitrogens is 1. The van der Waals surface area contributed by atoms with Gasteiger partial charge in [-0.1, -0.05) is 15.9 Å². The molecule has 0 fully saturated rings. The average molecular weight is 346 g/mol. The summed E-state index contributed by atoms with van der Waals surface area (Å²) in [6.45, 7) is 0. The highest BCUT2D eigenvalue weighted by Gasteiger charge is 2.27. The standard InChI is InChI=1S/C7H4Br2F2N2O2/c8-1-3-5(13(14)15)4(7(10)11)2-12-6(3)9/h2,7H,1H2. The highest BCUT2D eigenvalue weighted by Crippen LogP contribution is 2.35. The quantitative estimate of drug-likeness (QED) is 0.364. The van der Waals surface area contributed by atoms with E-state index in [1.165, 1.54) is 0 Å². The van der Waals surface area contributed by atoms with E-state index in [-0.39, 0.29) is 15.5 Å². The van der Waals surface area contributed by atoms with E-state index < -0.39 is 22.6 Å². The number of halogens is 4. The molecule has 0 amide bonds. The molecule has 4 nitrogen and oxygen atoms in total. The van der Waals surface area contributed by atoms with Gasteiger partial charge < -0.3 is 0 Å². The van der Waals surface area contributed by atoms with Crippen molar-refractivity contribution in [1.29, 1.82) is 0 Å². The lowest BCUT2D eigenvalue weighted by atomic mass is 10.2. The van der Waals surface area contributed by atoms with Crippen LogP contribution < -0.4 is 0 Å². The Hall–Kier alpha value is -0.630. The monoisotopic (exact) mass is 344 g/mol. The lowest BCUT2D eigenvalue weighted by molar-refractivity contribution is -0.387. The van der Waals surface area contributed by atoms with E-state index in [9.17, 15) is 18.9 Å². The highest BCUT2D eigenvalue weighted by atomic mass is 79.9. The van der Waals surface area contributed by atoms with Gasteiger partial charge in [0.25, 0.3) is 12.1 Å². The van der Waals surface area contributed by atoms with Crippen LogP contribution in [0.1, 0.15) is 17.6 Å². The van der Waals surface area contributed by atoms with E-state index in [2.05, 4.69) is 36.8 Å². The molecule has 0 saturated heterocycles. The van der Waals surface area contributed by atoms with Crippen molar-refractivity contribution in [1.82, 2.24) is 4.98 Å². The van der Waals surface area contributed by atoms with Crippen LogP contribution in [0.2, 0.25) is 0 Å². The van der Waals surface area contributed by atoms with Crippen molar-refractivity contribution in [3.63, 3.8) is 0 Å². The fourth-order valence-electron chi connectivity index (χ4n) is 1.03. The number of hydrogen-bond donors (Lipinski definition) is 0. The van der Waals surface area contributed by atoms with Crippen molar-refractivity contribution in [3.05, 3.63) is 32.0 Å². The topological polar surface area (TPSA) is 56.0 Å². The average Bonchev–Trinajstić information content (AvgIpc) is 2.16. The van der Waals surface area contributed by atoms with E-state index in [1.54, 1.807) is 0 Å². The molecule has 0 saturated carbocycles. The Balaban J connectivity index is 3.49. The minimum absolute atomic E-state index is 0.0808. The molecule has 0 aliphatic rings. The van der Waals surface area contributed by atoms with Crippen LogP contribution in [0.3, 0.4) is 0 Å². The number of alkyl halides is 3. The SMILES string of the molecule is O=[N+]([O-])c1c(C(F)F)cnc(Br)c1CBr. The summed E-state index contributed by atoms with van der Waals surface area (Å²) in [6.07, 6.45) is -2.11. The molecule has 82 valence electrons. The molecule has 0 aliphatic heterocycles. The van der Waals surface area contributed by atoms with Gasteiger partial charge in [0, 0.05) is 11.5 Å². The summed E-state index contributed by atoms with van der Waals surface area (Å²) >= 11 is 5.96. The first kappa shape index (κ1) is 12.4. The van der Waals surface area contributed by atoms with Crippen LogP contribution in [0.25, 0.3) is 0 Å². The number of rotatable bonds is 3. The second kappa shape index (κ2) is 4.93. The Morgan fingerprint density at radius 1 is 1.60 bits per heavy atom. The molecule has 0 spiro atoms. The second-order valence-electron chi connectivity index (χ2n) is 2.52. The molecular formula is C7H4Br2F2N2O2. The van der Waals surface area contributed by atoms with Gasteiger partial charge >= 0.3 is 0 Å². The summed E-state index contributed by atoms with van der Waals surface area (Å²) in [5.74, 6) is 0. The van der Waals surface area contributed by atoms with Gasteiger partial charge in [0.15, 0.2) is 0 Å². The summed E-state index contributed by atoms with van der Waals surface area (Å²) in [7, 11) is 0. The zero-order valence-corrected chi connectivity index (χ0v) is 10.3. The second-order valence-corrected chi connectivity index (χ2v) is 3.83. The van der Waals surface area contributed by atoms with Crippen LogP contribution in [0.5, 0.6) is 0 Å². The zero-order valence-electron chi connectivity index (χ0n) is 7.08. The van der Waals surface area contributed by atoms with Crippen LogP contribution in [0.15, 0.2) is 10.8 Å². The van der Waals surface area contributed by atoms with Gasteiger partial charge in [0.05, 0.1) is 10.5 Å². The lowest BCUT2D eigenvalue weighted by Crippen LogP contribution is -2.02. The molecule has 0 atom stereocenters. The fourth-order valence-corrected chi connectivity index (χ4v) is 2.37. The molecule has 8 heteroatoms. The Bertz CT molecular complexity index is 401. The molecule has 0 aromatic carbocycles. The molecule has 15 heavy (non-hydrogen) atoms. The van der Waals surface area contributed by atoms with Crippen LogP contribution in [-0.4, -0.2) is 9.91 Å². The minimum Gasteiger partial charge on any atom is -0.258 e. The Labute approximate surface area is 100 Å². The molecule has 0 radical (unpaired) electrons. The first-order valence-electron chi connectivity index (χ1n) is 3.64. The van der Waals surface area contributed by atoms with Crippen molar-refractivity contribution >= 4 is 37.5 Å². The first-order chi connectivity index (χ1) is 6.99. The Morgan fingerprint density at radius 3 is 2.60 bits per heavy atom. The predicted octanol–water partition coefficient (Wildman–Crippen LogP) is 3.58. The van der Waals surface area contributed by atoms with Crippen molar-refractivity contribution in [2.24, 2.45) is 0 Å². The van der Waals surface area contributed by atoms with Crippen LogP contribution >= 0.6 is 31.9 Å². The zero-order chi connectivity index (χ0) is 11.6. The summed E-state index contributed by atoms with van der Waals surface area (Å²) < 4.78 is 25.1. The van der Waals surface area contributed by atoms with Gasteiger partial charge in [0.2, 0.25) is 0 Å². The third kappa shape index (κ3) is 2.49. The van der Waals surface area contributed by atoms with Gasteiger partial charge in [-0.25, -0.2) is 13.8 Å². The Morgan fingerprint density at radius 2 is 2.20 bits per heavy atom. The van der Waals surface area contributed by atoms with Crippen molar-refractivity contribution < 1.29 is 13.7 Å². The number of nitrogens with zero attached hydrogens (tertiary/aromatic N) is 2. The molecule has 1 rings (SSSR count). The highest BCUT2D eigenvalue weighted by molar-refractivity contribution is 9.10. The molecule has 0 aliphatic carbocycles. The maximum Gasteiger partial charge on any atom is 0.286 e. The van der Waals surface area contributed by atoms with Gasteiger partial charge in [0.1, 0.15) is 10.2 Å². The number of nitro groups is 1. The van der Waals surface area contributed by atoms with Gasteiger partial charge in [-0.3, -0.25) is 10.1 Å². The van der Waals surface area contributed by atoms with E-state index in [1.807, 2.05) is 0 Å². The Kier molecular flexibility index (Phi) is 4.09. The molecule has 1 heterocycles. The summed E-state index contributed by atoms with van der Waals surface area (Å²) in [5, 5.41) is 10.7. The largest absolute Gasteiger partial charge is 0.286 e. The minimum atomic E-state index is -2.91. The molecule has 0 unspecified atom stereocenters. The maximum absolute atomic E-state index is 12.5. The van der Waals surface area contributed by atoms with Crippen molar-refractivity contribution in [2.45, 2.75) is 11.8 Å². The first-order valence-corrected chi connectivity index (χ1v) is 5.56. The molecular weight excluding hydrogens is 342 g/mol. The van der Waals surface area contributed by atoms with E-state index in [0.717, 1.165) is 6.20 Å². The van der Waals surface area contributed by atoms with E-state index in [4.69, 9.17) is 0 Å². The number of pyridine rings is 1. The molecule has 1 aromatic heterocycles. The maximum atomic E-state index is 12.5. The van der Waals surface area contributed by atoms with Gasteiger partial charge in [-0.2, -0.15) is 0 Å². The van der Waals surface area contributed by atoms with Crippen LogP contribution in [0, 0.1) is 10.1 Å².